The normalized spacial score (nSPS) is 16.8. The van der Waals surface area contributed by atoms with Crippen molar-refractivity contribution in [1.29, 1.82) is 0 Å². The molecule has 0 nitrogen and oxygen atoms in total. The Morgan fingerprint density at radius 3 is 2.30 bits per heavy atom. The molecule has 0 aromatic heterocycles. The molecule has 0 aliphatic heterocycles. The monoisotopic (exact) mass is 159 g/mol. The van der Waals surface area contributed by atoms with Gasteiger partial charge in [-0.3, -0.25) is 0 Å². The third-order valence-corrected chi connectivity index (χ3v) is 3.01. The summed E-state index contributed by atoms with van der Waals surface area (Å²) >= 11 is 1.98. The van der Waals surface area contributed by atoms with Gasteiger partial charge in [0.25, 0.3) is 0 Å². The highest BCUT2D eigenvalue weighted by atomic mass is 32.2. The maximum Gasteiger partial charge on any atom is 0.00408 e. The van der Waals surface area contributed by atoms with Gasteiger partial charge in [0.2, 0.25) is 0 Å². The molecule has 2 unspecified atom stereocenters. The van der Waals surface area contributed by atoms with Crippen LogP contribution < -0.4 is 0 Å². The highest BCUT2D eigenvalue weighted by molar-refractivity contribution is 7.99. The van der Waals surface area contributed by atoms with Gasteiger partial charge in [0.1, 0.15) is 0 Å². The fourth-order valence-corrected chi connectivity index (χ4v) is 1.66. The van der Waals surface area contributed by atoms with E-state index in [2.05, 4.69) is 27.0 Å². The highest BCUT2D eigenvalue weighted by Gasteiger charge is 2.02. The lowest BCUT2D eigenvalue weighted by Gasteiger charge is -2.15. The van der Waals surface area contributed by atoms with Gasteiger partial charge < -0.3 is 6.92 Å². The Morgan fingerprint density at radius 1 is 1.40 bits per heavy atom. The van der Waals surface area contributed by atoms with Gasteiger partial charge in [-0.15, -0.1) is 0 Å². The first-order valence-corrected chi connectivity index (χ1v) is 5.35. The third kappa shape index (κ3) is 5.16. The van der Waals surface area contributed by atoms with E-state index in [1.54, 1.807) is 0 Å². The van der Waals surface area contributed by atoms with E-state index in [1.165, 1.54) is 19.3 Å². The zero-order chi connectivity index (χ0) is 7.98. The van der Waals surface area contributed by atoms with Crippen LogP contribution in [0.2, 0.25) is 0 Å². The molecule has 0 aromatic rings. The van der Waals surface area contributed by atoms with E-state index in [0.717, 1.165) is 5.25 Å². The van der Waals surface area contributed by atoms with Crippen molar-refractivity contribution in [2.24, 2.45) is 5.92 Å². The first kappa shape index (κ1) is 10.3. The minimum atomic E-state index is 0.626. The summed E-state index contributed by atoms with van der Waals surface area (Å²) in [6, 6.07) is 0. The van der Waals surface area contributed by atoms with Crippen molar-refractivity contribution in [2.45, 2.75) is 38.4 Å². The molecule has 0 spiro atoms. The van der Waals surface area contributed by atoms with E-state index in [1.807, 2.05) is 11.8 Å². The molecule has 0 aliphatic rings. The van der Waals surface area contributed by atoms with E-state index in [0.29, 0.717) is 5.92 Å². The number of hydrogen-bond donors (Lipinski definition) is 0. The summed E-state index contributed by atoms with van der Waals surface area (Å²) in [6.07, 6.45) is 6.11. The zero-order valence-corrected chi connectivity index (χ0v) is 8.21. The summed E-state index contributed by atoms with van der Waals surface area (Å²) in [5.74, 6) is 0.626. The quantitative estimate of drug-likeness (QED) is 0.554. The van der Waals surface area contributed by atoms with Gasteiger partial charge in [-0.05, 0) is 19.1 Å². The van der Waals surface area contributed by atoms with E-state index >= 15 is 0 Å². The minimum absolute atomic E-state index is 0.626. The molecule has 0 saturated carbocycles. The molecule has 0 aliphatic carbocycles. The van der Waals surface area contributed by atoms with E-state index in [4.69, 9.17) is 0 Å². The fraction of sp³-hybridized carbons (Fsp3) is 0.889. The van der Waals surface area contributed by atoms with Crippen molar-refractivity contribution in [1.82, 2.24) is 0 Å². The second-order valence-electron chi connectivity index (χ2n) is 2.95. The Labute approximate surface area is 69.8 Å². The molecule has 0 aromatic carbocycles. The third-order valence-electron chi connectivity index (χ3n) is 1.77. The molecule has 0 bridgehead atoms. The van der Waals surface area contributed by atoms with Gasteiger partial charge in [-0.2, -0.15) is 17.7 Å². The molecule has 0 amide bonds. The largest absolute Gasteiger partial charge is 0.341 e. The van der Waals surface area contributed by atoms with Crippen LogP contribution in [-0.4, -0.2) is 11.5 Å². The lowest BCUT2D eigenvalue weighted by atomic mass is 10.1. The molecule has 0 fully saturated rings. The molecule has 10 heavy (non-hydrogen) atoms. The summed E-state index contributed by atoms with van der Waals surface area (Å²) in [4.78, 5) is 0. The lowest BCUT2D eigenvalue weighted by Crippen LogP contribution is -2.01. The van der Waals surface area contributed by atoms with E-state index in [9.17, 15) is 0 Å². The topological polar surface area (TPSA) is 0 Å². The average molecular weight is 159 g/mol. The molecule has 0 N–H and O–H groups in total. The molecule has 0 saturated heterocycles. The smallest absolute Gasteiger partial charge is 0.00408 e. The van der Waals surface area contributed by atoms with Crippen molar-refractivity contribution >= 4 is 11.8 Å². The van der Waals surface area contributed by atoms with E-state index in [-0.39, 0.29) is 0 Å². The Hall–Kier alpha value is 0.350. The summed E-state index contributed by atoms with van der Waals surface area (Å²) in [5.41, 5.74) is 0. The molecule has 2 atom stereocenters. The molecule has 0 heterocycles. The van der Waals surface area contributed by atoms with Crippen molar-refractivity contribution in [3.63, 3.8) is 0 Å². The standard InChI is InChI=1S/C9H19S/c1-5-9(10-4)7-6-8(2)3/h8-9H,2,5-7H2,1,3-4H3/q-1. The maximum absolute atomic E-state index is 3.97. The Balaban J connectivity index is 3.26. The van der Waals surface area contributed by atoms with Crippen LogP contribution in [0.25, 0.3) is 0 Å². The average Bonchev–Trinajstić information content (AvgIpc) is 1.90. The molecular weight excluding hydrogens is 140 g/mol. The van der Waals surface area contributed by atoms with Gasteiger partial charge >= 0.3 is 0 Å². The molecular formula is C9H19S-. The van der Waals surface area contributed by atoms with Gasteiger partial charge in [0, 0.05) is 5.25 Å². The molecule has 62 valence electrons. The second kappa shape index (κ2) is 6.09. The molecule has 0 radical (unpaired) electrons. The maximum atomic E-state index is 3.97. The molecule has 1 heteroatoms. The van der Waals surface area contributed by atoms with Gasteiger partial charge in [-0.25, -0.2) is 0 Å². The Bertz CT molecular complexity index is 65.1. The van der Waals surface area contributed by atoms with Crippen molar-refractivity contribution in [3.05, 3.63) is 6.92 Å². The summed E-state index contributed by atoms with van der Waals surface area (Å²) < 4.78 is 0. The number of rotatable bonds is 5. The van der Waals surface area contributed by atoms with Crippen LogP contribution in [0.3, 0.4) is 0 Å². The van der Waals surface area contributed by atoms with Crippen molar-refractivity contribution in [2.75, 3.05) is 6.26 Å². The fourth-order valence-electron chi connectivity index (χ4n) is 0.959. The summed E-state index contributed by atoms with van der Waals surface area (Å²) in [7, 11) is 0. The minimum Gasteiger partial charge on any atom is -0.341 e. The Kier molecular flexibility index (Phi) is 6.30. The van der Waals surface area contributed by atoms with Crippen molar-refractivity contribution < 1.29 is 0 Å². The number of thioether (sulfide) groups is 1. The molecule has 0 rings (SSSR count). The zero-order valence-electron chi connectivity index (χ0n) is 7.39. The van der Waals surface area contributed by atoms with E-state index < -0.39 is 0 Å². The van der Waals surface area contributed by atoms with Gasteiger partial charge in [0.05, 0.1) is 0 Å². The van der Waals surface area contributed by atoms with Crippen LogP contribution in [0.1, 0.15) is 33.1 Å². The second-order valence-corrected chi connectivity index (χ2v) is 4.09. The summed E-state index contributed by atoms with van der Waals surface area (Å²) in [6.45, 7) is 8.42. The van der Waals surface area contributed by atoms with Crippen LogP contribution in [0.5, 0.6) is 0 Å². The van der Waals surface area contributed by atoms with Crippen LogP contribution in [0, 0.1) is 12.8 Å². The van der Waals surface area contributed by atoms with Crippen LogP contribution in [0.15, 0.2) is 0 Å². The van der Waals surface area contributed by atoms with Gasteiger partial charge in [-0.1, -0.05) is 20.3 Å². The van der Waals surface area contributed by atoms with Crippen molar-refractivity contribution in [3.8, 4) is 0 Å². The van der Waals surface area contributed by atoms with Crippen LogP contribution in [0.4, 0.5) is 0 Å². The summed E-state index contributed by atoms with van der Waals surface area (Å²) in [5, 5.41) is 0.865. The van der Waals surface area contributed by atoms with Crippen LogP contribution >= 0.6 is 11.8 Å². The SMILES string of the molecule is [CH2-]C(C)CCC(CC)SC. The number of hydrogen-bond acceptors (Lipinski definition) is 1. The highest BCUT2D eigenvalue weighted by Crippen LogP contribution is 2.18. The predicted octanol–water partition coefficient (Wildman–Crippen LogP) is 3.38. The Morgan fingerprint density at radius 2 is 2.00 bits per heavy atom. The lowest BCUT2D eigenvalue weighted by molar-refractivity contribution is 0.582. The predicted molar refractivity (Wildman–Crippen MR) is 51.3 cm³/mol. The first-order valence-electron chi connectivity index (χ1n) is 4.06. The van der Waals surface area contributed by atoms with Gasteiger partial charge in [0.15, 0.2) is 0 Å². The van der Waals surface area contributed by atoms with Crippen LogP contribution in [-0.2, 0) is 0 Å². The first-order chi connectivity index (χ1) is 4.70.